The monoisotopic (exact) mass is 192 g/mol. The van der Waals surface area contributed by atoms with Crippen molar-refractivity contribution in [2.24, 2.45) is 0 Å². The lowest BCUT2D eigenvalue weighted by molar-refractivity contribution is 1.24. The highest BCUT2D eigenvalue weighted by atomic mass is 14.3. The minimum Gasteiger partial charge on any atom is -0.0679 e. The van der Waals surface area contributed by atoms with Gasteiger partial charge in [-0.2, -0.15) is 0 Å². The van der Waals surface area contributed by atoms with Gasteiger partial charge in [0.2, 0.25) is 0 Å². The standard InChI is InChI=1S/C15H12/c1-3-7-12(8-4-1)14-11-15(14)13-9-5-2-6-10-13/h1-11,14H. The fourth-order valence-electron chi connectivity index (χ4n) is 1.97. The normalized spacial score (nSPS) is 18.4. The molecule has 3 rings (SSSR count). The molecule has 0 heterocycles. The molecule has 0 spiro atoms. The minimum absolute atomic E-state index is 0.550. The van der Waals surface area contributed by atoms with Gasteiger partial charge in [-0.3, -0.25) is 0 Å². The van der Waals surface area contributed by atoms with Gasteiger partial charge in [-0.1, -0.05) is 66.7 Å². The second-order valence-corrected chi connectivity index (χ2v) is 3.88. The van der Waals surface area contributed by atoms with Crippen molar-refractivity contribution in [2.75, 3.05) is 0 Å². The molecule has 0 N–H and O–H groups in total. The molecule has 72 valence electrons. The van der Waals surface area contributed by atoms with Crippen LogP contribution in [0.1, 0.15) is 17.0 Å². The quantitative estimate of drug-likeness (QED) is 0.677. The van der Waals surface area contributed by atoms with Crippen molar-refractivity contribution in [3.63, 3.8) is 0 Å². The number of hydrogen-bond donors (Lipinski definition) is 0. The van der Waals surface area contributed by atoms with Crippen molar-refractivity contribution in [1.29, 1.82) is 0 Å². The molecular formula is C15H12. The van der Waals surface area contributed by atoms with E-state index in [2.05, 4.69) is 66.7 Å². The van der Waals surface area contributed by atoms with Crippen molar-refractivity contribution in [2.45, 2.75) is 5.92 Å². The zero-order valence-electron chi connectivity index (χ0n) is 8.43. The summed E-state index contributed by atoms with van der Waals surface area (Å²) in [4.78, 5) is 0. The van der Waals surface area contributed by atoms with Gasteiger partial charge in [-0.15, -0.1) is 0 Å². The predicted octanol–water partition coefficient (Wildman–Crippen LogP) is 3.87. The molecule has 2 aromatic rings. The molecule has 1 atom stereocenters. The highest BCUT2D eigenvalue weighted by Crippen LogP contribution is 2.45. The maximum absolute atomic E-state index is 2.32. The molecule has 15 heavy (non-hydrogen) atoms. The van der Waals surface area contributed by atoms with E-state index in [1.807, 2.05) is 0 Å². The lowest BCUT2D eigenvalue weighted by Crippen LogP contribution is -1.82. The van der Waals surface area contributed by atoms with Gasteiger partial charge in [-0.25, -0.2) is 0 Å². The summed E-state index contributed by atoms with van der Waals surface area (Å²) in [6.45, 7) is 0. The number of allylic oxidation sites excluding steroid dienone is 2. The van der Waals surface area contributed by atoms with E-state index in [0.29, 0.717) is 5.92 Å². The van der Waals surface area contributed by atoms with E-state index >= 15 is 0 Å². The van der Waals surface area contributed by atoms with Crippen LogP contribution in [0.2, 0.25) is 0 Å². The van der Waals surface area contributed by atoms with E-state index in [4.69, 9.17) is 0 Å². The predicted molar refractivity (Wildman–Crippen MR) is 63.6 cm³/mol. The first-order chi connectivity index (χ1) is 7.45. The van der Waals surface area contributed by atoms with Gasteiger partial charge in [0, 0.05) is 5.92 Å². The van der Waals surface area contributed by atoms with Crippen LogP contribution in [0.15, 0.2) is 66.7 Å². The van der Waals surface area contributed by atoms with E-state index in [1.165, 1.54) is 16.7 Å². The molecule has 1 aliphatic carbocycles. The molecule has 0 saturated carbocycles. The van der Waals surface area contributed by atoms with Crippen LogP contribution in [0.4, 0.5) is 0 Å². The lowest BCUT2D eigenvalue weighted by atomic mass is 10.0. The molecule has 0 aromatic heterocycles. The minimum atomic E-state index is 0.550. The van der Waals surface area contributed by atoms with Gasteiger partial charge in [0.05, 0.1) is 0 Å². The van der Waals surface area contributed by atoms with Gasteiger partial charge in [0.15, 0.2) is 0 Å². The molecule has 0 amide bonds. The summed E-state index contributed by atoms with van der Waals surface area (Å²) in [5, 5.41) is 0. The Kier molecular flexibility index (Phi) is 1.92. The van der Waals surface area contributed by atoms with Gasteiger partial charge >= 0.3 is 0 Å². The zero-order chi connectivity index (χ0) is 10.1. The first kappa shape index (κ1) is 8.49. The maximum Gasteiger partial charge on any atom is 0.0278 e. The third-order valence-corrected chi connectivity index (χ3v) is 2.84. The Labute approximate surface area is 89.9 Å². The van der Waals surface area contributed by atoms with E-state index in [0.717, 1.165) is 0 Å². The molecular weight excluding hydrogens is 180 g/mol. The Hall–Kier alpha value is -1.82. The number of rotatable bonds is 2. The van der Waals surface area contributed by atoms with Gasteiger partial charge in [0.1, 0.15) is 0 Å². The summed E-state index contributed by atoms with van der Waals surface area (Å²) in [6.07, 6.45) is 2.32. The van der Waals surface area contributed by atoms with Crippen LogP contribution in [0.3, 0.4) is 0 Å². The van der Waals surface area contributed by atoms with E-state index in [-0.39, 0.29) is 0 Å². The molecule has 1 aliphatic rings. The Morgan fingerprint density at radius 1 is 0.667 bits per heavy atom. The van der Waals surface area contributed by atoms with Crippen LogP contribution in [-0.4, -0.2) is 0 Å². The Morgan fingerprint density at radius 2 is 1.27 bits per heavy atom. The van der Waals surface area contributed by atoms with E-state index in [9.17, 15) is 0 Å². The molecule has 0 nitrogen and oxygen atoms in total. The molecule has 0 radical (unpaired) electrons. The topological polar surface area (TPSA) is 0 Å². The summed E-state index contributed by atoms with van der Waals surface area (Å²) in [6, 6.07) is 21.2. The molecule has 0 bridgehead atoms. The third-order valence-electron chi connectivity index (χ3n) is 2.84. The van der Waals surface area contributed by atoms with Crippen LogP contribution >= 0.6 is 0 Å². The number of benzene rings is 2. The van der Waals surface area contributed by atoms with Crippen molar-refractivity contribution < 1.29 is 0 Å². The van der Waals surface area contributed by atoms with Gasteiger partial charge < -0.3 is 0 Å². The Bertz CT molecular complexity index is 480. The fourth-order valence-corrected chi connectivity index (χ4v) is 1.97. The molecule has 0 heteroatoms. The Morgan fingerprint density at radius 3 is 1.93 bits per heavy atom. The zero-order valence-corrected chi connectivity index (χ0v) is 8.43. The van der Waals surface area contributed by atoms with Crippen molar-refractivity contribution >= 4 is 5.57 Å². The lowest BCUT2D eigenvalue weighted by Gasteiger charge is -2.00. The first-order valence-corrected chi connectivity index (χ1v) is 5.27. The van der Waals surface area contributed by atoms with Crippen molar-refractivity contribution in [3.05, 3.63) is 77.9 Å². The van der Waals surface area contributed by atoms with Crippen LogP contribution in [0.5, 0.6) is 0 Å². The summed E-state index contributed by atoms with van der Waals surface area (Å²) < 4.78 is 0. The molecule has 0 saturated heterocycles. The molecule has 0 aliphatic heterocycles. The second kappa shape index (κ2) is 3.39. The average molecular weight is 192 g/mol. The highest BCUT2D eigenvalue weighted by Gasteiger charge is 2.26. The van der Waals surface area contributed by atoms with Crippen LogP contribution in [0.25, 0.3) is 5.57 Å². The fraction of sp³-hybridized carbons (Fsp3) is 0.0667. The summed E-state index contributed by atoms with van der Waals surface area (Å²) in [7, 11) is 0. The summed E-state index contributed by atoms with van der Waals surface area (Å²) in [5.41, 5.74) is 4.21. The first-order valence-electron chi connectivity index (χ1n) is 5.27. The maximum atomic E-state index is 2.32. The van der Waals surface area contributed by atoms with Crippen LogP contribution in [-0.2, 0) is 0 Å². The van der Waals surface area contributed by atoms with Gasteiger partial charge in [-0.05, 0) is 16.7 Å². The molecule has 2 aromatic carbocycles. The molecule has 0 fully saturated rings. The van der Waals surface area contributed by atoms with Crippen LogP contribution < -0.4 is 0 Å². The second-order valence-electron chi connectivity index (χ2n) is 3.88. The Balaban J connectivity index is 1.83. The highest BCUT2D eigenvalue weighted by molar-refractivity contribution is 5.85. The van der Waals surface area contributed by atoms with Crippen molar-refractivity contribution in [3.8, 4) is 0 Å². The average Bonchev–Trinajstić information content (AvgIpc) is 3.11. The smallest absolute Gasteiger partial charge is 0.0278 e. The molecule has 1 unspecified atom stereocenters. The SMILES string of the molecule is C1=C(c2ccccc2)C1c1ccccc1. The largest absolute Gasteiger partial charge is 0.0679 e. The number of hydrogen-bond acceptors (Lipinski definition) is 0. The van der Waals surface area contributed by atoms with Crippen LogP contribution in [0, 0.1) is 0 Å². The van der Waals surface area contributed by atoms with Crippen molar-refractivity contribution in [1.82, 2.24) is 0 Å². The van der Waals surface area contributed by atoms with Gasteiger partial charge in [0.25, 0.3) is 0 Å². The van der Waals surface area contributed by atoms with E-state index < -0.39 is 0 Å². The summed E-state index contributed by atoms with van der Waals surface area (Å²) >= 11 is 0. The van der Waals surface area contributed by atoms with E-state index in [1.54, 1.807) is 0 Å². The summed E-state index contributed by atoms with van der Waals surface area (Å²) in [5.74, 6) is 0.550. The third kappa shape index (κ3) is 1.59.